The Balaban J connectivity index is 2.06. The molecule has 0 radical (unpaired) electrons. The molecule has 0 spiro atoms. The summed E-state index contributed by atoms with van der Waals surface area (Å²) in [7, 11) is 0. The number of rotatable bonds is 2. The Morgan fingerprint density at radius 1 is 1.28 bits per heavy atom. The van der Waals surface area contributed by atoms with Gasteiger partial charge in [0.05, 0.1) is 11.2 Å². The lowest BCUT2D eigenvalue weighted by atomic mass is 10.3. The van der Waals surface area contributed by atoms with Gasteiger partial charge in [-0.3, -0.25) is 5.10 Å². The first kappa shape index (κ1) is 11.4. The fourth-order valence-corrected chi connectivity index (χ4v) is 1.98. The van der Waals surface area contributed by atoms with Crippen molar-refractivity contribution < 1.29 is 4.74 Å². The summed E-state index contributed by atoms with van der Waals surface area (Å²) in [5.74, 6) is 0.931. The molecular formula is C11H6BrClN4O. The molecule has 0 aliphatic rings. The second-order valence-corrected chi connectivity index (χ2v) is 4.81. The first-order valence-corrected chi connectivity index (χ1v) is 6.18. The van der Waals surface area contributed by atoms with Crippen molar-refractivity contribution >= 4 is 38.6 Å². The number of ether oxygens (including phenoxy) is 1. The van der Waals surface area contributed by atoms with Crippen LogP contribution in [0.15, 0.2) is 35.2 Å². The number of fused-ring (bicyclic) bond motifs is 1. The van der Waals surface area contributed by atoms with Crippen LogP contribution in [0, 0.1) is 0 Å². The van der Waals surface area contributed by atoms with Crippen molar-refractivity contribution in [2.24, 2.45) is 0 Å². The van der Waals surface area contributed by atoms with E-state index in [0.29, 0.717) is 27.7 Å². The SMILES string of the molecule is Clc1ccc(Br)cc1Oc1ncnc2[nH]ncc12. The second kappa shape index (κ2) is 4.55. The van der Waals surface area contributed by atoms with E-state index < -0.39 is 0 Å². The first-order chi connectivity index (χ1) is 8.74. The van der Waals surface area contributed by atoms with Crippen molar-refractivity contribution in [2.75, 3.05) is 0 Å². The van der Waals surface area contributed by atoms with E-state index in [1.54, 1.807) is 18.3 Å². The highest BCUT2D eigenvalue weighted by Crippen LogP contribution is 2.33. The minimum absolute atomic E-state index is 0.411. The third-order valence-electron chi connectivity index (χ3n) is 2.31. The standard InChI is InChI=1S/C11H6BrClN4O/c12-6-1-2-8(13)9(3-6)18-11-7-4-16-17-10(7)14-5-15-11/h1-5H,(H,14,15,16,17). The maximum Gasteiger partial charge on any atom is 0.233 e. The number of nitrogens with zero attached hydrogens (tertiary/aromatic N) is 3. The normalized spacial score (nSPS) is 10.8. The molecule has 7 heteroatoms. The minimum Gasteiger partial charge on any atom is -0.437 e. The second-order valence-electron chi connectivity index (χ2n) is 3.49. The Kier molecular flexibility index (Phi) is 2.89. The highest BCUT2D eigenvalue weighted by Gasteiger charge is 2.10. The highest BCUT2D eigenvalue weighted by molar-refractivity contribution is 9.10. The Morgan fingerprint density at radius 3 is 3.06 bits per heavy atom. The van der Waals surface area contributed by atoms with Gasteiger partial charge in [0.1, 0.15) is 17.5 Å². The highest BCUT2D eigenvalue weighted by atomic mass is 79.9. The molecule has 3 aromatic rings. The molecule has 1 aromatic carbocycles. The van der Waals surface area contributed by atoms with Crippen molar-refractivity contribution in [3.8, 4) is 11.6 Å². The monoisotopic (exact) mass is 324 g/mol. The van der Waals surface area contributed by atoms with Crippen LogP contribution in [0.1, 0.15) is 0 Å². The summed E-state index contributed by atoms with van der Waals surface area (Å²) in [6.45, 7) is 0. The molecule has 2 aromatic heterocycles. The molecule has 0 saturated heterocycles. The summed E-state index contributed by atoms with van der Waals surface area (Å²) < 4.78 is 6.56. The fourth-order valence-electron chi connectivity index (χ4n) is 1.48. The van der Waals surface area contributed by atoms with Gasteiger partial charge in [-0.25, -0.2) is 9.97 Å². The van der Waals surface area contributed by atoms with E-state index in [1.807, 2.05) is 6.07 Å². The van der Waals surface area contributed by atoms with Crippen LogP contribution in [0.5, 0.6) is 11.6 Å². The van der Waals surface area contributed by atoms with E-state index in [0.717, 1.165) is 4.47 Å². The van der Waals surface area contributed by atoms with Crippen molar-refractivity contribution in [1.29, 1.82) is 0 Å². The van der Waals surface area contributed by atoms with Gasteiger partial charge in [0.2, 0.25) is 5.88 Å². The predicted molar refractivity (Wildman–Crippen MR) is 70.9 cm³/mol. The lowest BCUT2D eigenvalue weighted by Crippen LogP contribution is -1.90. The summed E-state index contributed by atoms with van der Waals surface area (Å²) >= 11 is 9.42. The van der Waals surface area contributed by atoms with Crippen molar-refractivity contribution in [1.82, 2.24) is 20.2 Å². The van der Waals surface area contributed by atoms with Gasteiger partial charge >= 0.3 is 0 Å². The molecule has 0 aliphatic carbocycles. The number of benzene rings is 1. The molecule has 0 aliphatic heterocycles. The third kappa shape index (κ3) is 2.04. The van der Waals surface area contributed by atoms with Gasteiger partial charge in [0, 0.05) is 4.47 Å². The molecule has 0 atom stereocenters. The van der Waals surface area contributed by atoms with Crippen molar-refractivity contribution in [3.05, 3.63) is 40.2 Å². The Morgan fingerprint density at radius 2 is 2.17 bits per heavy atom. The number of hydrogen-bond donors (Lipinski definition) is 1. The molecule has 0 amide bonds. The van der Waals surface area contributed by atoms with Gasteiger partial charge in [-0.15, -0.1) is 0 Å². The predicted octanol–water partition coefficient (Wildman–Crippen LogP) is 3.56. The lowest BCUT2D eigenvalue weighted by molar-refractivity contribution is 0.468. The van der Waals surface area contributed by atoms with E-state index in [4.69, 9.17) is 16.3 Å². The van der Waals surface area contributed by atoms with Crippen LogP contribution < -0.4 is 4.74 Å². The molecule has 90 valence electrons. The molecule has 3 rings (SSSR count). The summed E-state index contributed by atoms with van der Waals surface area (Å²) in [6, 6.07) is 5.35. The zero-order valence-electron chi connectivity index (χ0n) is 8.89. The number of aromatic nitrogens is 4. The molecular weight excluding hydrogens is 320 g/mol. The van der Waals surface area contributed by atoms with E-state index in [2.05, 4.69) is 36.1 Å². The van der Waals surface area contributed by atoms with Gasteiger partial charge in [-0.1, -0.05) is 27.5 Å². The average molecular weight is 326 g/mol. The molecule has 0 unspecified atom stereocenters. The van der Waals surface area contributed by atoms with E-state index in [9.17, 15) is 0 Å². The summed E-state index contributed by atoms with van der Waals surface area (Å²) in [5.41, 5.74) is 0.617. The summed E-state index contributed by atoms with van der Waals surface area (Å²) in [6.07, 6.45) is 3.01. The number of nitrogens with one attached hydrogen (secondary N) is 1. The number of halogens is 2. The zero-order chi connectivity index (χ0) is 12.5. The van der Waals surface area contributed by atoms with Gasteiger partial charge in [-0.2, -0.15) is 5.10 Å². The van der Waals surface area contributed by atoms with Crippen LogP contribution in [0.25, 0.3) is 11.0 Å². The topological polar surface area (TPSA) is 63.7 Å². The molecule has 2 heterocycles. The number of hydrogen-bond acceptors (Lipinski definition) is 4. The first-order valence-electron chi connectivity index (χ1n) is 5.01. The zero-order valence-corrected chi connectivity index (χ0v) is 11.2. The lowest BCUT2D eigenvalue weighted by Gasteiger charge is -2.07. The molecule has 0 bridgehead atoms. The van der Waals surface area contributed by atoms with Gasteiger partial charge < -0.3 is 4.74 Å². The van der Waals surface area contributed by atoms with Gasteiger partial charge in [0.25, 0.3) is 0 Å². The molecule has 0 saturated carbocycles. The maximum absolute atomic E-state index is 6.06. The van der Waals surface area contributed by atoms with Crippen LogP contribution in [0.3, 0.4) is 0 Å². The van der Waals surface area contributed by atoms with Gasteiger partial charge in [-0.05, 0) is 18.2 Å². The molecule has 18 heavy (non-hydrogen) atoms. The Labute approximate surface area is 115 Å². The fraction of sp³-hybridized carbons (Fsp3) is 0. The van der Waals surface area contributed by atoms with E-state index in [1.165, 1.54) is 6.33 Å². The maximum atomic E-state index is 6.06. The van der Waals surface area contributed by atoms with E-state index >= 15 is 0 Å². The van der Waals surface area contributed by atoms with E-state index in [-0.39, 0.29) is 0 Å². The van der Waals surface area contributed by atoms with Crippen molar-refractivity contribution in [2.45, 2.75) is 0 Å². The van der Waals surface area contributed by atoms with Crippen LogP contribution in [0.2, 0.25) is 5.02 Å². The smallest absolute Gasteiger partial charge is 0.233 e. The van der Waals surface area contributed by atoms with Crippen LogP contribution >= 0.6 is 27.5 Å². The van der Waals surface area contributed by atoms with Crippen LogP contribution in [-0.2, 0) is 0 Å². The largest absolute Gasteiger partial charge is 0.437 e. The molecule has 1 N–H and O–H groups in total. The minimum atomic E-state index is 0.411. The quantitative estimate of drug-likeness (QED) is 0.782. The third-order valence-corrected chi connectivity index (χ3v) is 3.12. The summed E-state index contributed by atoms with van der Waals surface area (Å²) in [4.78, 5) is 8.11. The number of H-pyrrole nitrogens is 1. The Hall–Kier alpha value is -1.66. The van der Waals surface area contributed by atoms with Crippen molar-refractivity contribution in [3.63, 3.8) is 0 Å². The van der Waals surface area contributed by atoms with Crippen LogP contribution in [-0.4, -0.2) is 20.2 Å². The molecule has 0 fully saturated rings. The average Bonchev–Trinajstić information content (AvgIpc) is 2.83. The summed E-state index contributed by atoms with van der Waals surface area (Å²) in [5, 5.41) is 7.85. The molecule has 5 nitrogen and oxygen atoms in total. The number of aromatic amines is 1. The Bertz CT molecular complexity index is 715. The van der Waals surface area contributed by atoms with Crippen LogP contribution in [0.4, 0.5) is 0 Å². The van der Waals surface area contributed by atoms with Gasteiger partial charge in [0.15, 0.2) is 5.65 Å².